The molecule has 0 aliphatic rings. The molecule has 0 spiro atoms. The second kappa shape index (κ2) is 17.7. The molecule has 0 saturated carbocycles. The highest BCUT2D eigenvalue weighted by Gasteiger charge is 2.17. The smallest absolute Gasteiger partial charge is 0.0871 e. The van der Waals surface area contributed by atoms with Gasteiger partial charge in [0.05, 0.1) is 12.2 Å². The zero-order valence-electron chi connectivity index (χ0n) is 16.5. The molecule has 24 heavy (non-hydrogen) atoms. The van der Waals surface area contributed by atoms with Crippen LogP contribution in [0.15, 0.2) is 0 Å². The van der Waals surface area contributed by atoms with E-state index in [1.165, 1.54) is 83.5 Å². The van der Waals surface area contributed by atoms with Crippen LogP contribution in [0.2, 0.25) is 0 Å². The Balaban J connectivity index is 3.05. The molecule has 0 fully saturated rings. The molecule has 146 valence electrons. The van der Waals surface area contributed by atoms with Crippen LogP contribution in [0.25, 0.3) is 0 Å². The topological polar surface area (TPSA) is 49.7 Å². The van der Waals surface area contributed by atoms with Crippen molar-refractivity contribution in [3.8, 4) is 0 Å². The van der Waals surface area contributed by atoms with Crippen LogP contribution in [0.1, 0.15) is 110 Å². The van der Waals surface area contributed by atoms with Crippen LogP contribution in [0.5, 0.6) is 0 Å². The van der Waals surface area contributed by atoms with Gasteiger partial charge in [0, 0.05) is 19.6 Å². The van der Waals surface area contributed by atoms with Crippen LogP contribution in [0, 0.1) is 0 Å². The zero-order chi connectivity index (χ0) is 17.9. The summed E-state index contributed by atoms with van der Waals surface area (Å²) in [6.45, 7) is 5.03. The molecule has 0 aromatic rings. The van der Waals surface area contributed by atoms with Gasteiger partial charge < -0.3 is 14.9 Å². The maximum absolute atomic E-state index is 9.62. The molecule has 0 aliphatic carbocycles. The number of unbranched alkanes of at least 4 members (excludes halogenated alkanes) is 13. The van der Waals surface area contributed by atoms with Crippen LogP contribution < -0.4 is 0 Å². The number of hydrogen-bond acceptors (Lipinski definition) is 3. The first-order chi connectivity index (χ1) is 11.6. The fraction of sp³-hybridized carbons (Fsp3) is 1.00. The fourth-order valence-corrected chi connectivity index (χ4v) is 2.87. The minimum absolute atomic E-state index is 0.199. The summed E-state index contributed by atoms with van der Waals surface area (Å²) >= 11 is 0. The predicted molar refractivity (Wildman–Crippen MR) is 103 cm³/mol. The normalized spacial score (nSPS) is 14.0. The highest BCUT2D eigenvalue weighted by molar-refractivity contribution is 4.69. The van der Waals surface area contributed by atoms with Gasteiger partial charge in [-0.05, 0) is 13.3 Å². The summed E-state index contributed by atoms with van der Waals surface area (Å²) in [5.41, 5.74) is -0.991. The highest BCUT2D eigenvalue weighted by Crippen LogP contribution is 2.13. The maximum Gasteiger partial charge on any atom is 0.0871 e. The fourth-order valence-electron chi connectivity index (χ4n) is 2.87. The average molecular weight is 345 g/mol. The van der Waals surface area contributed by atoms with Gasteiger partial charge in [-0.2, -0.15) is 0 Å². The van der Waals surface area contributed by atoms with Crippen LogP contribution in [-0.2, 0) is 4.74 Å². The summed E-state index contributed by atoms with van der Waals surface area (Å²) in [4.78, 5) is 0. The molecule has 0 aliphatic heterocycles. The molecule has 0 amide bonds. The van der Waals surface area contributed by atoms with E-state index in [2.05, 4.69) is 6.92 Å². The lowest BCUT2D eigenvalue weighted by molar-refractivity contribution is -0.0269. The quantitative estimate of drug-likeness (QED) is 0.299. The standard InChI is InChI=1S/C21H44O3/c1-3-4-5-6-7-8-9-10-11-12-13-14-15-16-18-24-19-17-21(2,23)20-22/h22-23H,3-20H2,1-2H3. The summed E-state index contributed by atoms with van der Waals surface area (Å²) < 4.78 is 5.51. The van der Waals surface area contributed by atoms with E-state index >= 15 is 0 Å². The molecule has 1 atom stereocenters. The van der Waals surface area contributed by atoms with E-state index in [4.69, 9.17) is 9.84 Å². The van der Waals surface area contributed by atoms with E-state index in [-0.39, 0.29) is 6.61 Å². The molecule has 3 heteroatoms. The molecule has 0 rings (SSSR count). The molecule has 0 bridgehead atoms. The van der Waals surface area contributed by atoms with Crippen LogP contribution in [0.3, 0.4) is 0 Å². The van der Waals surface area contributed by atoms with E-state index in [0.29, 0.717) is 13.0 Å². The third-order valence-electron chi connectivity index (χ3n) is 4.77. The lowest BCUT2D eigenvalue weighted by Crippen LogP contribution is -2.30. The summed E-state index contributed by atoms with van der Waals surface area (Å²) in [5, 5.41) is 18.5. The maximum atomic E-state index is 9.62. The second-order valence-electron chi connectivity index (χ2n) is 7.61. The lowest BCUT2D eigenvalue weighted by atomic mass is 10.0. The molecule has 1 unspecified atom stereocenters. The summed E-state index contributed by atoms with van der Waals surface area (Å²) in [6.07, 6.45) is 19.7. The van der Waals surface area contributed by atoms with Gasteiger partial charge in [-0.3, -0.25) is 0 Å². The third-order valence-corrected chi connectivity index (χ3v) is 4.77. The first kappa shape index (κ1) is 23.9. The monoisotopic (exact) mass is 344 g/mol. The minimum atomic E-state index is -0.991. The van der Waals surface area contributed by atoms with E-state index in [1.54, 1.807) is 6.92 Å². The van der Waals surface area contributed by atoms with E-state index in [0.717, 1.165) is 13.0 Å². The zero-order valence-corrected chi connectivity index (χ0v) is 16.5. The van der Waals surface area contributed by atoms with Gasteiger partial charge in [-0.25, -0.2) is 0 Å². The molecule has 3 nitrogen and oxygen atoms in total. The Morgan fingerprint density at radius 1 is 0.667 bits per heavy atom. The van der Waals surface area contributed by atoms with Gasteiger partial charge >= 0.3 is 0 Å². The van der Waals surface area contributed by atoms with Crippen LogP contribution in [0.4, 0.5) is 0 Å². The number of ether oxygens (including phenoxy) is 1. The molecule has 0 aromatic heterocycles. The van der Waals surface area contributed by atoms with Crippen molar-refractivity contribution in [2.24, 2.45) is 0 Å². The lowest BCUT2D eigenvalue weighted by Gasteiger charge is -2.19. The van der Waals surface area contributed by atoms with E-state index in [1.807, 2.05) is 0 Å². The molecule has 0 saturated heterocycles. The Morgan fingerprint density at radius 3 is 1.50 bits per heavy atom. The molecule has 2 N–H and O–H groups in total. The Morgan fingerprint density at radius 2 is 1.08 bits per heavy atom. The SMILES string of the molecule is CCCCCCCCCCCCCCCCOCCC(C)(O)CO. The summed E-state index contributed by atoms with van der Waals surface area (Å²) in [7, 11) is 0. The minimum Gasteiger partial charge on any atom is -0.393 e. The summed E-state index contributed by atoms with van der Waals surface area (Å²) in [5.74, 6) is 0. The van der Waals surface area contributed by atoms with Gasteiger partial charge in [-0.15, -0.1) is 0 Å². The molecular weight excluding hydrogens is 300 g/mol. The van der Waals surface area contributed by atoms with Crippen molar-refractivity contribution >= 4 is 0 Å². The Labute approximate surface area is 151 Å². The van der Waals surface area contributed by atoms with E-state index < -0.39 is 5.60 Å². The predicted octanol–water partition coefficient (Wildman–Crippen LogP) is 5.62. The van der Waals surface area contributed by atoms with Crippen molar-refractivity contribution in [2.45, 2.75) is 116 Å². The largest absolute Gasteiger partial charge is 0.393 e. The van der Waals surface area contributed by atoms with Crippen LogP contribution >= 0.6 is 0 Å². The van der Waals surface area contributed by atoms with Crippen molar-refractivity contribution in [1.29, 1.82) is 0 Å². The van der Waals surface area contributed by atoms with Crippen molar-refractivity contribution in [3.63, 3.8) is 0 Å². The molecule has 0 aromatic carbocycles. The third kappa shape index (κ3) is 18.2. The van der Waals surface area contributed by atoms with Gasteiger partial charge in [0.25, 0.3) is 0 Å². The van der Waals surface area contributed by atoms with Crippen molar-refractivity contribution < 1.29 is 14.9 Å². The van der Waals surface area contributed by atoms with Gasteiger partial charge in [-0.1, -0.05) is 90.4 Å². The number of hydrogen-bond donors (Lipinski definition) is 2. The Kier molecular flexibility index (Phi) is 17.6. The van der Waals surface area contributed by atoms with Gasteiger partial charge in [0.1, 0.15) is 0 Å². The Hall–Kier alpha value is -0.120. The average Bonchev–Trinajstić information content (AvgIpc) is 2.57. The summed E-state index contributed by atoms with van der Waals surface area (Å²) in [6, 6.07) is 0. The highest BCUT2D eigenvalue weighted by atomic mass is 16.5. The molecular formula is C21H44O3. The van der Waals surface area contributed by atoms with Gasteiger partial charge in [0.15, 0.2) is 0 Å². The molecule has 0 heterocycles. The van der Waals surface area contributed by atoms with Crippen molar-refractivity contribution in [1.82, 2.24) is 0 Å². The van der Waals surface area contributed by atoms with Gasteiger partial charge in [0.2, 0.25) is 0 Å². The Bertz CT molecular complexity index is 241. The molecule has 0 radical (unpaired) electrons. The first-order valence-electron chi connectivity index (χ1n) is 10.5. The van der Waals surface area contributed by atoms with E-state index in [9.17, 15) is 5.11 Å². The van der Waals surface area contributed by atoms with Crippen molar-refractivity contribution in [2.75, 3.05) is 19.8 Å². The number of aliphatic hydroxyl groups is 2. The van der Waals surface area contributed by atoms with Crippen LogP contribution in [-0.4, -0.2) is 35.6 Å². The van der Waals surface area contributed by atoms with Crippen molar-refractivity contribution in [3.05, 3.63) is 0 Å². The second-order valence-corrected chi connectivity index (χ2v) is 7.61. The number of rotatable bonds is 19. The first-order valence-corrected chi connectivity index (χ1v) is 10.5. The number of aliphatic hydroxyl groups excluding tert-OH is 1.